The molecule has 1 aliphatic rings. The Hall–Kier alpha value is -2.86. The molecule has 0 radical (unpaired) electrons. The zero-order chi connectivity index (χ0) is 19.8. The molecule has 6 nitrogen and oxygen atoms in total. The second kappa shape index (κ2) is 9.37. The Morgan fingerprint density at radius 1 is 1.04 bits per heavy atom. The van der Waals surface area contributed by atoms with E-state index in [1.807, 2.05) is 30.3 Å². The lowest BCUT2D eigenvalue weighted by molar-refractivity contribution is -0.145. The van der Waals surface area contributed by atoms with Crippen molar-refractivity contribution < 1.29 is 23.8 Å². The van der Waals surface area contributed by atoms with Gasteiger partial charge in [0, 0.05) is 18.9 Å². The normalized spacial score (nSPS) is 15.5. The van der Waals surface area contributed by atoms with Gasteiger partial charge in [-0.3, -0.25) is 4.79 Å². The van der Waals surface area contributed by atoms with Crippen molar-refractivity contribution in [3.63, 3.8) is 0 Å². The standard InChI is InChI=1S/C22H25NO5/c1-2-27-20(24)16-28-19-10-8-18(9-11-19)23-21(25)22(12-14-26-15-13-22)17-6-4-3-5-7-17/h3-11H,2,12-16H2,1H3,(H,23,25). The quantitative estimate of drug-likeness (QED) is 0.743. The summed E-state index contributed by atoms with van der Waals surface area (Å²) in [7, 11) is 0. The maximum atomic E-state index is 13.2. The number of carbonyl (C=O) groups is 2. The Kier molecular flexibility index (Phi) is 6.66. The largest absolute Gasteiger partial charge is 0.482 e. The van der Waals surface area contributed by atoms with Crippen LogP contribution in [0.1, 0.15) is 25.3 Å². The molecule has 1 heterocycles. The summed E-state index contributed by atoms with van der Waals surface area (Å²) in [5, 5.41) is 3.02. The van der Waals surface area contributed by atoms with Crippen LogP contribution < -0.4 is 10.1 Å². The van der Waals surface area contributed by atoms with Gasteiger partial charge in [-0.05, 0) is 49.6 Å². The van der Waals surface area contributed by atoms with E-state index in [1.165, 1.54) is 0 Å². The number of ether oxygens (including phenoxy) is 3. The molecule has 0 saturated carbocycles. The number of rotatable bonds is 7. The number of nitrogens with one attached hydrogen (secondary N) is 1. The number of hydrogen-bond donors (Lipinski definition) is 1. The van der Waals surface area contributed by atoms with Gasteiger partial charge in [-0.15, -0.1) is 0 Å². The van der Waals surface area contributed by atoms with Gasteiger partial charge in [0.05, 0.1) is 12.0 Å². The van der Waals surface area contributed by atoms with Crippen LogP contribution in [0, 0.1) is 0 Å². The van der Waals surface area contributed by atoms with Crippen LogP contribution in [-0.4, -0.2) is 38.3 Å². The van der Waals surface area contributed by atoms with Crippen LogP contribution in [-0.2, 0) is 24.5 Å². The van der Waals surface area contributed by atoms with Crippen LogP contribution in [0.5, 0.6) is 5.75 Å². The zero-order valence-electron chi connectivity index (χ0n) is 16.0. The highest BCUT2D eigenvalue weighted by Crippen LogP contribution is 2.36. The molecule has 0 unspecified atom stereocenters. The number of hydrogen-bond acceptors (Lipinski definition) is 5. The lowest BCUT2D eigenvalue weighted by Crippen LogP contribution is -2.44. The molecule has 28 heavy (non-hydrogen) atoms. The van der Waals surface area contributed by atoms with Crippen molar-refractivity contribution in [1.29, 1.82) is 0 Å². The molecule has 148 valence electrons. The van der Waals surface area contributed by atoms with E-state index in [2.05, 4.69) is 5.32 Å². The van der Waals surface area contributed by atoms with Crippen LogP contribution in [0.25, 0.3) is 0 Å². The minimum absolute atomic E-state index is 0.0396. The zero-order valence-corrected chi connectivity index (χ0v) is 16.0. The maximum absolute atomic E-state index is 13.2. The first-order valence-corrected chi connectivity index (χ1v) is 9.47. The highest BCUT2D eigenvalue weighted by Gasteiger charge is 2.41. The number of amides is 1. The molecule has 2 aromatic rings. The molecule has 0 atom stereocenters. The van der Waals surface area contributed by atoms with Crippen molar-refractivity contribution in [3.8, 4) is 5.75 Å². The van der Waals surface area contributed by atoms with E-state index >= 15 is 0 Å². The summed E-state index contributed by atoms with van der Waals surface area (Å²) in [4.78, 5) is 24.6. The molecule has 6 heteroatoms. The fourth-order valence-electron chi connectivity index (χ4n) is 3.35. The molecule has 1 amide bonds. The van der Waals surface area contributed by atoms with Crippen molar-refractivity contribution >= 4 is 17.6 Å². The molecular formula is C22H25NO5. The van der Waals surface area contributed by atoms with Crippen LogP contribution in [0.15, 0.2) is 54.6 Å². The second-order valence-electron chi connectivity index (χ2n) is 6.63. The summed E-state index contributed by atoms with van der Waals surface area (Å²) in [5.41, 5.74) is 1.08. The Morgan fingerprint density at radius 3 is 2.36 bits per heavy atom. The highest BCUT2D eigenvalue weighted by molar-refractivity contribution is 5.99. The van der Waals surface area contributed by atoms with Gasteiger partial charge in [-0.1, -0.05) is 30.3 Å². The average molecular weight is 383 g/mol. The minimum Gasteiger partial charge on any atom is -0.482 e. The first-order valence-electron chi connectivity index (χ1n) is 9.47. The van der Waals surface area contributed by atoms with Crippen LogP contribution >= 0.6 is 0 Å². The van der Waals surface area contributed by atoms with Gasteiger partial charge in [0.2, 0.25) is 5.91 Å². The molecule has 0 bridgehead atoms. The van der Waals surface area contributed by atoms with E-state index in [4.69, 9.17) is 14.2 Å². The maximum Gasteiger partial charge on any atom is 0.344 e. The summed E-state index contributed by atoms with van der Waals surface area (Å²) < 4.78 is 15.7. The van der Waals surface area contributed by atoms with Gasteiger partial charge in [0.25, 0.3) is 0 Å². The second-order valence-corrected chi connectivity index (χ2v) is 6.63. The fourth-order valence-corrected chi connectivity index (χ4v) is 3.35. The van der Waals surface area contributed by atoms with Gasteiger partial charge in [-0.25, -0.2) is 4.79 Å². The third kappa shape index (κ3) is 4.70. The Balaban J connectivity index is 1.68. The van der Waals surface area contributed by atoms with E-state index in [1.54, 1.807) is 31.2 Å². The van der Waals surface area contributed by atoms with E-state index in [0.29, 0.717) is 44.1 Å². The van der Waals surface area contributed by atoms with Crippen LogP contribution in [0.2, 0.25) is 0 Å². The predicted octanol–water partition coefficient (Wildman–Crippen LogP) is 3.32. The molecule has 1 aliphatic heterocycles. The molecular weight excluding hydrogens is 358 g/mol. The van der Waals surface area contributed by atoms with Gasteiger partial charge in [0.15, 0.2) is 6.61 Å². The molecule has 1 N–H and O–H groups in total. The molecule has 1 fully saturated rings. The Labute approximate surface area is 164 Å². The molecule has 3 rings (SSSR count). The summed E-state index contributed by atoms with van der Waals surface area (Å²) in [5.74, 6) is 0.0845. The SMILES string of the molecule is CCOC(=O)COc1ccc(NC(=O)C2(c3ccccc3)CCOCC2)cc1. The van der Waals surface area contributed by atoms with E-state index in [-0.39, 0.29) is 12.5 Å². The minimum atomic E-state index is -0.599. The molecule has 0 aliphatic carbocycles. The summed E-state index contributed by atoms with van der Waals surface area (Å²) in [6.07, 6.45) is 1.28. The lowest BCUT2D eigenvalue weighted by Gasteiger charge is -2.36. The Bertz CT molecular complexity index is 782. The van der Waals surface area contributed by atoms with Crippen molar-refractivity contribution in [2.75, 3.05) is 31.7 Å². The van der Waals surface area contributed by atoms with E-state index in [0.717, 1.165) is 5.56 Å². The van der Waals surface area contributed by atoms with E-state index in [9.17, 15) is 9.59 Å². The summed E-state index contributed by atoms with van der Waals surface area (Å²) in [6.45, 7) is 3.04. The van der Waals surface area contributed by atoms with Crippen LogP contribution in [0.3, 0.4) is 0 Å². The first-order chi connectivity index (χ1) is 13.6. The van der Waals surface area contributed by atoms with Gasteiger partial charge in [0.1, 0.15) is 5.75 Å². The van der Waals surface area contributed by atoms with Gasteiger partial charge < -0.3 is 19.5 Å². The molecule has 1 saturated heterocycles. The predicted molar refractivity (Wildman–Crippen MR) is 105 cm³/mol. The number of carbonyl (C=O) groups excluding carboxylic acids is 2. The number of anilines is 1. The van der Waals surface area contributed by atoms with E-state index < -0.39 is 11.4 Å². The van der Waals surface area contributed by atoms with Crippen LogP contribution in [0.4, 0.5) is 5.69 Å². The smallest absolute Gasteiger partial charge is 0.344 e. The van der Waals surface area contributed by atoms with Crippen molar-refractivity contribution in [1.82, 2.24) is 0 Å². The van der Waals surface area contributed by atoms with Crippen molar-refractivity contribution in [2.45, 2.75) is 25.2 Å². The topological polar surface area (TPSA) is 73.9 Å². The number of esters is 1. The summed E-state index contributed by atoms with van der Waals surface area (Å²) in [6, 6.07) is 16.8. The van der Waals surface area contributed by atoms with Gasteiger partial charge >= 0.3 is 5.97 Å². The fraction of sp³-hybridized carbons (Fsp3) is 0.364. The first kappa shape index (κ1) is 19.9. The molecule has 2 aromatic carbocycles. The third-order valence-electron chi connectivity index (χ3n) is 4.88. The molecule has 0 spiro atoms. The van der Waals surface area contributed by atoms with Crippen molar-refractivity contribution in [2.24, 2.45) is 0 Å². The van der Waals surface area contributed by atoms with Crippen molar-refractivity contribution in [3.05, 3.63) is 60.2 Å². The highest BCUT2D eigenvalue weighted by atomic mass is 16.6. The average Bonchev–Trinajstić information content (AvgIpc) is 2.74. The lowest BCUT2D eigenvalue weighted by atomic mass is 9.73. The third-order valence-corrected chi connectivity index (χ3v) is 4.88. The number of benzene rings is 2. The monoisotopic (exact) mass is 383 g/mol. The molecule has 0 aromatic heterocycles. The van der Waals surface area contributed by atoms with Gasteiger partial charge in [-0.2, -0.15) is 0 Å². The Morgan fingerprint density at radius 2 is 1.71 bits per heavy atom. The summed E-state index contributed by atoms with van der Waals surface area (Å²) >= 11 is 0.